The summed E-state index contributed by atoms with van der Waals surface area (Å²) in [4.78, 5) is 4.83. The fourth-order valence-electron chi connectivity index (χ4n) is 3.91. The highest BCUT2D eigenvalue weighted by atomic mass is 15.2. The molecule has 2 heterocycles. The third-order valence-electron chi connectivity index (χ3n) is 5.46. The van der Waals surface area contributed by atoms with Crippen LogP contribution in [-0.4, -0.2) is 25.2 Å². The van der Waals surface area contributed by atoms with E-state index >= 15 is 0 Å². The number of benzene rings is 2. The summed E-state index contributed by atoms with van der Waals surface area (Å²) in [6, 6.07) is 17.6. The minimum absolute atomic E-state index is 0.661. The second-order valence-corrected chi connectivity index (χ2v) is 7.57. The Bertz CT molecular complexity index is 726. The minimum atomic E-state index is 0.661. The Balaban J connectivity index is 0.000000156. The van der Waals surface area contributed by atoms with Crippen LogP contribution in [-0.2, 0) is 0 Å². The Labute approximate surface area is 163 Å². The quantitative estimate of drug-likeness (QED) is 0.600. The molecule has 2 atom stereocenters. The van der Waals surface area contributed by atoms with E-state index in [9.17, 15) is 0 Å². The van der Waals surface area contributed by atoms with Crippen molar-refractivity contribution in [3.8, 4) is 0 Å². The number of nitrogens with two attached hydrogens (primary N) is 2. The van der Waals surface area contributed by atoms with Crippen LogP contribution in [0.3, 0.4) is 0 Å². The molecule has 2 aromatic rings. The van der Waals surface area contributed by atoms with Gasteiger partial charge in [0.05, 0.1) is 0 Å². The number of anilines is 4. The maximum Gasteiger partial charge on any atom is 0.0372 e. The summed E-state index contributed by atoms with van der Waals surface area (Å²) in [5, 5.41) is 0. The van der Waals surface area contributed by atoms with E-state index in [0.717, 1.165) is 30.9 Å². The number of rotatable bonds is 2. The highest BCUT2D eigenvalue weighted by molar-refractivity contribution is 5.55. The van der Waals surface area contributed by atoms with E-state index in [2.05, 4.69) is 60.1 Å². The lowest BCUT2D eigenvalue weighted by molar-refractivity contribution is 0.694. The van der Waals surface area contributed by atoms with Gasteiger partial charge in [-0.3, -0.25) is 0 Å². The van der Waals surface area contributed by atoms with Crippen molar-refractivity contribution in [2.45, 2.75) is 45.2 Å². The van der Waals surface area contributed by atoms with Gasteiger partial charge in [-0.1, -0.05) is 12.2 Å². The zero-order valence-corrected chi connectivity index (χ0v) is 16.5. The summed E-state index contributed by atoms with van der Waals surface area (Å²) < 4.78 is 0. The maximum atomic E-state index is 5.68. The van der Waals surface area contributed by atoms with Crippen molar-refractivity contribution in [2.75, 3.05) is 34.4 Å². The average molecular weight is 365 g/mol. The van der Waals surface area contributed by atoms with Crippen molar-refractivity contribution < 1.29 is 0 Å². The lowest BCUT2D eigenvalue weighted by Gasteiger charge is -2.28. The molecule has 0 aromatic heterocycles. The molecule has 4 N–H and O–H groups in total. The fraction of sp³-hybridized carbons (Fsp3) is 0.391. The summed E-state index contributed by atoms with van der Waals surface area (Å²) >= 11 is 0. The summed E-state index contributed by atoms with van der Waals surface area (Å²) in [6.07, 6.45) is 8.18. The van der Waals surface area contributed by atoms with Gasteiger partial charge in [0.1, 0.15) is 0 Å². The fourth-order valence-corrected chi connectivity index (χ4v) is 3.91. The van der Waals surface area contributed by atoms with Gasteiger partial charge in [0, 0.05) is 47.9 Å². The molecule has 4 rings (SSSR count). The van der Waals surface area contributed by atoms with Crippen LogP contribution < -0.4 is 21.3 Å². The zero-order chi connectivity index (χ0) is 19.2. The first-order valence-corrected chi connectivity index (χ1v) is 9.94. The van der Waals surface area contributed by atoms with Crippen LogP contribution in [0.2, 0.25) is 0 Å². The van der Waals surface area contributed by atoms with Gasteiger partial charge in [-0.2, -0.15) is 0 Å². The van der Waals surface area contributed by atoms with Crippen molar-refractivity contribution in [3.63, 3.8) is 0 Å². The molecule has 4 heteroatoms. The van der Waals surface area contributed by atoms with E-state index in [1.54, 1.807) is 0 Å². The minimum Gasteiger partial charge on any atom is -0.399 e. The van der Waals surface area contributed by atoms with Gasteiger partial charge >= 0.3 is 0 Å². The summed E-state index contributed by atoms with van der Waals surface area (Å²) in [7, 11) is 0. The second-order valence-electron chi connectivity index (χ2n) is 7.57. The van der Waals surface area contributed by atoms with Crippen LogP contribution in [0.25, 0.3) is 0 Å². The molecule has 27 heavy (non-hydrogen) atoms. The van der Waals surface area contributed by atoms with Crippen LogP contribution >= 0.6 is 0 Å². The predicted octanol–water partition coefficient (Wildman–Crippen LogP) is 4.68. The van der Waals surface area contributed by atoms with Crippen LogP contribution in [0.5, 0.6) is 0 Å². The largest absolute Gasteiger partial charge is 0.399 e. The summed E-state index contributed by atoms with van der Waals surface area (Å²) in [6.45, 7) is 6.71. The molecule has 144 valence electrons. The van der Waals surface area contributed by atoms with Crippen molar-refractivity contribution in [1.82, 2.24) is 0 Å². The number of hydrogen-bond acceptors (Lipinski definition) is 4. The molecule has 4 nitrogen and oxygen atoms in total. The average Bonchev–Trinajstić information content (AvgIpc) is 3.03. The molecular formula is C23H32N4. The van der Waals surface area contributed by atoms with Gasteiger partial charge < -0.3 is 21.3 Å². The lowest BCUT2D eigenvalue weighted by Crippen LogP contribution is -2.32. The molecule has 1 saturated heterocycles. The number of nitrogens with zero attached hydrogens (tertiary/aromatic N) is 2. The Morgan fingerprint density at radius 1 is 0.741 bits per heavy atom. The molecule has 0 saturated carbocycles. The van der Waals surface area contributed by atoms with E-state index < -0.39 is 0 Å². The van der Waals surface area contributed by atoms with Crippen molar-refractivity contribution in [1.29, 1.82) is 0 Å². The normalized spacial score (nSPS) is 21.7. The predicted molar refractivity (Wildman–Crippen MR) is 118 cm³/mol. The molecule has 2 aliphatic rings. The van der Waals surface area contributed by atoms with Crippen LogP contribution in [0, 0.1) is 0 Å². The molecule has 2 aromatic carbocycles. The van der Waals surface area contributed by atoms with Crippen molar-refractivity contribution >= 4 is 22.7 Å². The molecule has 2 aliphatic heterocycles. The third-order valence-corrected chi connectivity index (χ3v) is 5.46. The first-order chi connectivity index (χ1) is 13.0. The summed E-state index contributed by atoms with van der Waals surface area (Å²) in [5.41, 5.74) is 15.5. The number of nitrogen functional groups attached to an aromatic ring is 2. The van der Waals surface area contributed by atoms with E-state index in [4.69, 9.17) is 11.5 Å². The molecule has 0 spiro atoms. The maximum absolute atomic E-state index is 5.68. The molecule has 2 unspecified atom stereocenters. The highest BCUT2D eigenvalue weighted by Crippen LogP contribution is 2.30. The SMILES string of the molecule is CC1CCC(C)N1c1ccc(N)cc1.Nc1ccc(N2CC=CCC2)cc1. The highest BCUT2D eigenvalue weighted by Gasteiger charge is 2.26. The van der Waals surface area contributed by atoms with Crippen LogP contribution in [0.4, 0.5) is 22.7 Å². The standard InChI is InChI=1S/C12H18N2.C11H14N2/c1-9-3-4-10(2)14(9)12-7-5-11(13)6-8-12;12-10-4-6-11(7-5-10)13-8-2-1-3-9-13/h5-10H,3-4,13H2,1-2H3;1-2,4-7H,3,8-9,12H2. The number of hydrogen-bond donors (Lipinski definition) is 2. The first-order valence-electron chi connectivity index (χ1n) is 9.94. The van der Waals surface area contributed by atoms with Crippen molar-refractivity contribution in [2.24, 2.45) is 0 Å². The van der Waals surface area contributed by atoms with E-state index in [0.29, 0.717) is 12.1 Å². The van der Waals surface area contributed by atoms with E-state index in [1.807, 2.05) is 24.3 Å². The van der Waals surface area contributed by atoms with E-state index in [-0.39, 0.29) is 0 Å². The van der Waals surface area contributed by atoms with Gasteiger partial charge in [-0.05, 0) is 81.6 Å². The molecule has 1 fully saturated rings. The van der Waals surface area contributed by atoms with Gasteiger partial charge in [0.25, 0.3) is 0 Å². The van der Waals surface area contributed by atoms with Crippen molar-refractivity contribution in [3.05, 3.63) is 60.7 Å². The zero-order valence-electron chi connectivity index (χ0n) is 16.5. The van der Waals surface area contributed by atoms with Gasteiger partial charge in [0.15, 0.2) is 0 Å². The smallest absolute Gasteiger partial charge is 0.0372 e. The molecular weight excluding hydrogens is 332 g/mol. The van der Waals surface area contributed by atoms with Crippen LogP contribution in [0.1, 0.15) is 33.1 Å². The van der Waals surface area contributed by atoms with E-state index in [1.165, 1.54) is 24.2 Å². The lowest BCUT2D eigenvalue weighted by atomic mass is 10.2. The first kappa shape index (κ1) is 19.2. The molecule has 0 amide bonds. The Morgan fingerprint density at radius 3 is 1.74 bits per heavy atom. The Kier molecular flexibility index (Phi) is 6.28. The third kappa shape index (κ3) is 4.97. The molecule has 0 aliphatic carbocycles. The van der Waals surface area contributed by atoms with Gasteiger partial charge in [-0.25, -0.2) is 0 Å². The van der Waals surface area contributed by atoms with Gasteiger partial charge in [-0.15, -0.1) is 0 Å². The topological polar surface area (TPSA) is 58.5 Å². The molecule has 0 radical (unpaired) electrons. The summed E-state index contributed by atoms with van der Waals surface area (Å²) in [5.74, 6) is 0. The molecule has 0 bridgehead atoms. The Hall–Kier alpha value is -2.62. The Morgan fingerprint density at radius 2 is 1.26 bits per heavy atom. The monoisotopic (exact) mass is 364 g/mol. The van der Waals surface area contributed by atoms with Gasteiger partial charge in [0.2, 0.25) is 0 Å². The second kappa shape index (κ2) is 8.85. The van der Waals surface area contributed by atoms with Crippen LogP contribution in [0.15, 0.2) is 60.7 Å².